The van der Waals surface area contributed by atoms with Crippen LogP contribution in [0.2, 0.25) is 0 Å². The lowest BCUT2D eigenvalue weighted by Crippen LogP contribution is -1.92. The Morgan fingerprint density at radius 1 is 1.36 bits per heavy atom. The van der Waals surface area contributed by atoms with E-state index in [1.54, 1.807) is 6.07 Å². The Balaban J connectivity index is 2.52. The topological polar surface area (TPSA) is 15.8 Å². The molecule has 2 aromatic rings. The van der Waals surface area contributed by atoms with Gasteiger partial charge in [0, 0.05) is 11.6 Å². The van der Waals surface area contributed by atoms with E-state index in [4.69, 9.17) is 0 Å². The third kappa shape index (κ3) is 1.52. The monoisotopic (exact) mass is 191 g/mol. The second kappa shape index (κ2) is 3.45. The Kier molecular flexibility index (Phi) is 2.28. The van der Waals surface area contributed by atoms with Gasteiger partial charge in [0.2, 0.25) is 0 Å². The quantitative estimate of drug-likeness (QED) is 0.747. The summed E-state index contributed by atoms with van der Waals surface area (Å²) in [5.74, 6) is 0.426. The predicted molar refractivity (Wildman–Crippen MR) is 56.8 cm³/mol. The van der Waals surface area contributed by atoms with Crippen LogP contribution in [0, 0.1) is 11.7 Å². The fourth-order valence-corrected chi connectivity index (χ4v) is 1.78. The summed E-state index contributed by atoms with van der Waals surface area (Å²) in [5, 5.41) is 1.01. The number of aromatic nitrogens is 1. The zero-order valence-electron chi connectivity index (χ0n) is 8.47. The standard InChI is InChI=1S/C12H14FN/c1-8(2)6-9-7-14-12-10(9)4-3-5-11(12)13/h3-5,7-8,14H,6H2,1-2H3. The first-order chi connectivity index (χ1) is 6.68. The molecule has 1 nitrogen and oxygen atoms in total. The number of para-hydroxylation sites is 1. The van der Waals surface area contributed by atoms with Gasteiger partial charge in [-0.15, -0.1) is 0 Å². The van der Waals surface area contributed by atoms with Crippen LogP contribution in [0.5, 0.6) is 0 Å². The Hall–Kier alpha value is -1.31. The number of hydrogen-bond acceptors (Lipinski definition) is 0. The van der Waals surface area contributed by atoms with Crippen LogP contribution in [0.25, 0.3) is 10.9 Å². The molecule has 0 aliphatic rings. The molecule has 1 heterocycles. The van der Waals surface area contributed by atoms with Crippen molar-refractivity contribution >= 4 is 10.9 Å². The van der Waals surface area contributed by atoms with E-state index in [2.05, 4.69) is 18.8 Å². The molecule has 0 spiro atoms. The van der Waals surface area contributed by atoms with E-state index in [0.717, 1.165) is 11.8 Å². The number of aromatic amines is 1. The van der Waals surface area contributed by atoms with Crippen molar-refractivity contribution in [1.82, 2.24) is 4.98 Å². The first kappa shape index (κ1) is 9.25. The second-order valence-corrected chi connectivity index (χ2v) is 4.07. The summed E-state index contributed by atoms with van der Waals surface area (Å²) in [6.45, 7) is 4.33. The molecule has 0 saturated heterocycles. The van der Waals surface area contributed by atoms with E-state index in [-0.39, 0.29) is 5.82 Å². The van der Waals surface area contributed by atoms with Gasteiger partial charge in [-0.05, 0) is 24.0 Å². The molecule has 74 valence electrons. The Morgan fingerprint density at radius 3 is 2.86 bits per heavy atom. The first-order valence-corrected chi connectivity index (χ1v) is 4.93. The Bertz CT molecular complexity index is 443. The van der Waals surface area contributed by atoms with Gasteiger partial charge in [-0.25, -0.2) is 4.39 Å². The lowest BCUT2D eigenvalue weighted by molar-refractivity contribution is 0.637. The van der Waals surface area contributed by atoms with Gasteiger partial charge in [-0.3, -0.25) is 0 Å². The Morgan fingerprint density at radius 2 is 2.14 bits per heavy atom. The van der Waals surface area contributed by atoms with E-state index in [1.165, 1.54) is 11.6 Å². The molecule has 0 atom stereocenters. The highest BCUT2D eigenvalue weighted by atomic mass is 19.1. The number of nitrogens with one attached hydrogen (secondary N) is 1. The van der Waals surface area contributed by atoms with Crippen molar-refractivity contribution in [1.29, 1.82) is 0 Å². The summed E-state index contributed by atoms with van der Waals surface area (Å²) in [7, 11) is 0. The molecule has 1 N–H and O–H groups in total. The zero-order chi connectivity index (χ0) is 10.1. The zero-order valence-corrected chi connectivity index (χ0v) is 8.47. The molecule has 2 rings (SSSR count). The van der Waals surface area contributed by atoms with E-state index in [9.17, 15) is 4.39 Å². The molecule has 0 saturated carbocycles. The summed E-state index contributed by atoms with van der Waals surface area (Å²) in [4.78, 5) is 2.99. The lowest BCUT2D eigenvalue weighted by Gasteiger charge is -2.02. The minimum Gasteiger partial charge on any atom is -0.359 e. The number of benzene rings is 1. The minimum absolute atomic E-state index is 0.169. The van der Waals surface area contributed by atoms with Crippen LogP contribution in [-0.4, -0.2) is 4.98 Å². The molecule has 0 aliphatic carbocycles. The van der Waals surface area contributed by atoms with Crippen molar-refractivity contribution < 1.29 is 4.39 Å². The first-order valence-electron chi connectivity index (χ1n) is 4.93. The third-order valence-electron chi connectivity index (χ3n) is 2.38. The number of H-pyrrole nitrogens is 1. The predicted octanol–water partition coefficient (Wildman–Crippen LogP) is 3.51. The normalized spacial score (nSPS) is 11.4. The molecule has 0 unspecified atom stereocenters. The van der Waals surface area contributed by atoms with Crippen LogP contribution >= 0.6 is 0 Å². The fourth-order valence-electron chi connectivity index (χ4n) is 1.78. The molecular formula is C12H14FN. The highest BCUT2D eigenvalue weighted by molar-refractivity contribution is 5.83. The molecule has 0 amide bonds. The summed E-state index contributed by atoms with van der Waals surface area (Å²) in [6.07, 6.45) is 2.90. The SMILES string of the molecule is CC(C)Cc1c[nH]c2c(F)cccc12. The summed E-state index contributed by atoms with van der Waals surface area (Å²) in [5.41, 5.74) is 1.83. The molecule has 1 aromatic carbocycles. The molecule has 0 radical (unpaired) electrons. The Labute approximate surface area is 82.9 Å². The average molecular weight is 191 g/mol. The highest BCUT2D eigenvalue weighted by Gasteiger charge is 2.07. The average Bonchev–Trinajstić information content (AvgIpc) is 2.49. The highest BCUT2D eigenvalue weighted by Crippen LogP contribution is 2.22. The van der Waals surface area contributed by atoms with Crippen molar-refractivity contribution in [3.63, 3.8) is 0 Å². The van der Waals surface area contributed by atoms with Gasteiger partial charge >= 0.3 is 0 Å². The van der Waals surface area contributed by atoms with Gasteiger partial charge in [0.25, 0.3) is 0 Å². The van der Waals surface area contributed by atoms with Crippen molar-refractivity contribution in [3.05, 3.63) is 35.8 Å². The number of hydrogen-bond donors (Lipinski definition) is 1. The van der Waals surface area contributed by atoms with E-state index < -0.39 is 0 Å². The van der Waals surface area contributed by atoms with Gasteiger partial charge in [0.15, 0.2) is 0 Å². The van der Waals surface area contributed by atoms with Gasteiger partial charge in [0.05, 0.1) is 5.52 Å². The van der Waals surface area contributed by atoms with Gasteiger partial charge < -0.3 is 4.98 Å². The molecule has 14 heavy (non-hydrogen) atoms. The van der Waals surface area contributed by atoms with Crippen LogP contribution < -0.4 is 0 Å². The van der Waals surface area contributed by atoms with Crippen LogP contribution in [0.1, 0.15) is 19.4 Å². The minimum atomic E-state index is -0.169. The summed E-state index contributed by atoms with van der Waals surface area (Å²) < 4.78 is 13.3. The van der Waals surface area contributed by atoms with Gasteiger partial charge in [-0.2, -0.15) is 0 Å². The van der Waals surface area contributed by atoms with Crippen LogP contribution in [0.3, 0.4) is 0 Å². The number of fused-ring (bicyclic) bond motifs is 1. The third-order valence-corrected chi connectivity index (χ3v) is 2.38. The summed E-state index contributed by atoms with van der Waals surface area (Å²) in [6, 6.07) is 5.21. The molecule has 0 aliphatic heterocycles. The fraction of sp³-hybridized carbons (Fsp3) is 0.333. The van der Waals surface area contributed by atoms with Crippen LogP contribution in [0.15, 0.2) is 24.4 Å². The van der Waals surface area contributed by atoms with Crippen LogP contribution in [0.4, 0.5) is 4.39 Å². The summed E-state index contributed by atoms with van der Waals surface area (Å²) >= 11 is 0. The van der Waals surface area contributed by atoms with Crippen LogP contribution in [-0.2, 0) is 6.42 Å². The maximum absolute atomic E-state index is 13.3. The van der Waals surface area contributed by atoms with Crippen molar-refractivity contribution in [2.45, 2.75) is 20.3 Å². The molecule has 1 aromatic heterocycles. The van der Waals surface area contributed by atoms with E-state index in [0.29, 0.717) is 11.4 Å². The molecular weight excluding hydrogens is 177 g/mol. The van der Waals surface area contributed by atoms with Crippen molar-refractivity contribution in [2.24, 2.45) is 5.92 Å². The molecule has 0 fully saturated rings. The van der Waals surface area contributed by atoms with Crippen molar-refractivity contribution in [2.75, 3.05) is 0 Å². The molecule has 2 heteroatoms. The van der Waals surface area contributed by atoms with Gasteiger partial charge in [0.1, 0.15) is 5.82 Å². The second-order valence-electron chi connectivity index (χ2n) is 4.07. The largest absolute Gasteiger partial charge is 0.359 e. The number of halogens is 1. The van der Waals surface area contributed by atoms with Gasteiger partial charge in [-0.1, -0.05) is 26.0 Å². The van der Waals surface area contributed by atoms with Crippen molar-refractivity contribution in [3.8, 4) is 0 Å². The van der Waals surface area contributed by atoms with E-state index >= 15 is 0 Å². The number of rotatable bonds is 2. The maximum Gasteiger partial charge on any atom is 0.147 e. The maximum atomic E-state index is 13.3. The lowest BCUT2D eigenvalue weighted by atomic mass is 10.0. The van der Waals surface area contributed by atoms with E-state index in [1.807, 2.05) is 12.3 Å². The smallest absolute Gasteiger partial charge is 0.147 e. The molecule has 0 bridgehead atoms.